The molecule has 4 heteroatoms. The van der Waals surface area contributed by atoms with E-state index in [9.17, 15) is 0 Å². The van der Waals surface area contributed by atoms with Crippen molar-refractivity contribution in [1.29, 1.82) is 0 Å². The Morgan fingerprint density at radius 2 is 2.18 bits per heavy atom. The van der Waals surface area contributed by atoms with E-state index in [-0.39, 0.29) is 6.04 Å². The first-order valence-electron chi connectivity index (χ1n) is 5.50. The molecule has 1 atom stereocenters. The fraction of sp³-hybridized carbons (Fsp3) is 0.308. The predicted molar refractivity (Wildman–Crippen MR) is 70.5 cm³/mol. The molecule has 0 saturated heterocycles. The molecule has 2 N–H and O–H groups in total. The van der Waals surface area contributed by atoms with Crippen LogP contribution in [0.4, 0.5) is 0 Å². The Morgan fingerprint density at radius 3 is 2.82 bits per heavy atom. The van der Waals surface area contributed by atoms with Gasteiger partial charge in [-0.05, 0) is 13.0 Å². The molecule has 1 unspecified atom stereocenters. The van der Waals surface area contributed by atoms with E-state index in [0.717, 1.165) is 28.4 Å². The quantitative estimate of drug-likeness (QED) is 0.905. The summed E-state index contributed by atoms with van der Waals surface area (Å²) >= 11 is 1.65. The zero-order chi connectivity index (χ0) is 12.3. The Balaban J connectivity index is 2.16. The van der Waals surface area contributed by atoms with Crippen LogP contribution < -0.4 is 10.5 Å². The fourth-order valence-electron chi connectivity index (χ4n) is 1.77. The minimum atomic E-state index is -0.0725. The first-order valence-corrected chi connectivity index (χ1v) is 6.38. The Kier molecular flexibility index (Phi) is 3.76. The highest BCUT2D eigenvalue weighted by Gasteiger charge is 2.13. The molecule has 0 radical (unpaired) electrons. The van der Waals surface area contributed by atoms with E-state index in [1.165, 1.54) is 0 Å². The van der Waals surface area contributed by atoms with Crippen molar-refractivity contribution in [1.82, 2.24) is 4.98 Å². The summed E-state index contributed by atoms with van der Waals surface area (Å²) in [5.41, 5.74) is 8.28. The molecule has 17 heavy (non-hydrogen) atoms. The number of hydrogen-bond donors (Lipinski definition) is 1. The molecule has 0 fully saturated rings. The van der Waals surface area contributed by atoms with Gasteiger partial charge in [-0.15, -0.1) is 11.3 Å². The van der Waals surface area contributed by atoms with Gasteiger partial charge in [0, 0.05) is 29.1 Å². The van der Waals surface area contributed by atoms with Crippen molar-refractivity contribution in [3.8, 4) is 5.75 Å². The molecule has 0 spiro atoms. The third-order valence-corrected chi connectivity index (χ3v) is 3.59. The highest BCUT2D eigenvalue weighted by Crippen LogP contribution is 2.26. The van der Waals surface area contributed by atoms with Crippen LogP contribution in [0.5, 0.6) is 5.75 Å². The molecule has 1 aromatic carbocycles. The minimum Gasteiger partial charge on any atom is -0.496 e. The first kappa shape index (κ1) is 12.1. The molecule has 2 aromatic rings. The Morgan fingerprint density at radius 1 is 1.41 bits per heavy atom. The van der Waals surface area contributed by atoms with Gasteiger partial charge in [0.25, 0.3) is 0 Å². The van der Waals surface area contributed by atoms with Crippen molar-refractivity contribution < 1.29 is 4.74 Å². The number of benzene rings is 1. The number of aryl methyl sites for hydroxylation is 1. The van der Waals surface area contributed by atoms with Crippen molar-refractivity contribution in [2.45, 2.75) is 19.4 Å². The maximum absolute atomic E-state index is 6.20. The van der Waals surface area contributed by atoms with Gasteiger partial charge in [0.1, 0.15) is 5.75 Å². The molecule has 2 rings (SSSR count). The van der Waals surface area contributed by atoms with Crippen molar-refractivity contribution in [3.05, 3.63) is 45.9 Å². The molecule has 0 saturated carbocycles. The van der Waals surface area contributed by atoms with E-state index in [4.69, 9.17) is 10.5 Å². The molecule has 0 aliphatic rings. The molecular weight excluding hydrogens is 232 g/mol. The molecule has 1 aromatic heterocycles. The van der Waals surface area contributed by atoms with E-state index in [1.807, 2.05) is 36.6 Å². The van der Waals surface area contributed by atoms with Crippen LogP contribution in [0.1, 0.15) is 22.3 Å². The lowest BCUT2D eigenvalue weighted by molar-refractivity contribution is 0.405. The standard InChI is InChI=1S/C13H16N2OS/c1-9-8-17-13(15-9)7-11(14)10-5-3-4-6-12(10)16-2/h3-6,8,11H,7,14H2,1-2H3. The van der Waals surface area contributed by atoms with Crippen molar-refractivity contribution >= 4 is 11.3 Å². The zero-order valence-electron chi connectivity index (χ0n) is 10.0. The fourth-order valence-corrected chi connectivity index (χ4v) is 2.60. The number of hydrogen-bond acceptors (Lipinski definition) is 4. The summed E-state index contributed by atoms with van der Waals surface area (Å²) in [5, 5.41) is 3.12. The number of rotatable bonds is 4. The van der Waals surface area contributed by atoms with Gasteiger partial charge < -0.3 is 10.5 Å². The second kappa shape index (κ2) is 5.29. The third-order valence-electron chi connectivity index (χ3n) is 2.60. The van der Waals surface area contributed by atoms with E-state index in [0.29, 0.717) is 0 Å². The van der Waals surface area contributed by atoms with Crippen LogP contribution in [-0.2, 0) is 6.42 Å². The van der Waals surface area contributed by atoms with E-state index >= 15 is 0 Å². The zero-order valence-corrected chi connectivity index (χ0v) is 10.8. The Hall–Kier alpha value is -1.39. The van der Waals surface area contributed by atoms with Crippen molar-refractivity contribution in [3.63, 3.8) is 0 Å². The van der Waals surface area contributed by atoms with E-state index in [1.54, 1.807) is 18.4 Å². The second-order valence-corrected chi connectivity index (χ2v) is 4.88. The predicted octanol–water partition coefficient (Wildman–Crippen LogP) is 2.70. The molecular formula is C13H16N2OS. The molecule has 0 aliphatic carbocycles. The second-order valence-electron chi connectivity index (χ2n) is 3.94. The highest BCUT2D eigenvalue weighted by molar-refractivity contribution is 7.09. The van der Waals surface area contributed by atoms with Crippen LogP contribution in [0.15, 0.2) is 29.6 Å². The smallest absolute Gasteiger partial charge is 0.123 e. The molecule has 0 bridgehead atoms. The summed E-state index contributed by atoms with van der Waals surface area (Å²) in [4.78, 5) is 4.43. The highest BCUT2D eigenvalue weighted by atomic mass is 32.1. The van der Waals surface area contributed by atoms with Gasteiger partial charge in [-0.1, -0.05) is 18.2 Å². The van der Waals surface area contributed by atoms with E-state index in [2.05, 4.69) is 4.98 Å². The number of methoxy groups -OCH3 is 1. The Labute approximate surface area is 105 Å². The average Bonchev–Trinajstić information content (AvgIpc) is 2.74. The number of nitrogens with two attached hydrogens (primary N) is 1. The molecule has 0 amide bonds. The third kappa shape index (κ3) is 2.84. The number of aromatic nitrogens is 1. The summed E-state index contributed by atoms with van der Waals surface area (Å²) in [6.45, 7) is 1.99. The summed E-state index contributed by atoms with van der Waals surface area (Å²) < 4.78 is 5.31. The van der Waals surface area contributed by atoms with Gasteiger partial charge in [0.05, 0.1) is 12.1 Å². The average molecular weight is 248 g/mol. The topological polar surface area (TPSA) is 48.1 Å². The molecule has 90 valence electrons. The van der Waals surface area contributed by atoms with Crippen LogP contribution in [-0.4, -0.2) is 12.1 Å². The van der Waals surface area contributed by atoms with Crippen molar-refractivity contribution in [2.24, 2.45) is 5.73 Å². The monoisotopic (exact) mass is 248 g/mol. The summed E-state index contributed by atoms with van der Waals surface area (Å²) in [7, 11) is 1.67. The van der Waals surface area contributed by atoms with Gasteiger partial charge in [0.2, 0.25) is 0 Å². The molecule has 3 nitrogen and oxygen atoms in total. The Bertz CT molecular complexity index is 496. The SMILES string of the molecule is COc1ccccc1C(N)Cc1nc(C)cs1. The maximum atomic E-state index is 6.20. The summed E-state index contributed by atoms with van der Waals surface area (Å²) in [6, 6.07) is 7.79. The van der Waals surface area contributed by atoms with Crippen molar-refractivity contribution in [2.75, 3.05) is 7.11 Å². The van der Waals surface area contributed by atoms with Gasteiger partial charge in [-0.25, -0.2) is 4.98 Å². The van der Waals surface area contributed by atoms with Crippen LogP contribution >= 0.6 is 11.3 Å². The van der Waals surface area contributed by atoms with Gasteiger partial charge in [-0.3, -0.25) is 0 Å². The van der Waals surface area contributed by atoms with Crippen LogP contribution in [0, 0.1) is 6.92 Å². The number of ether oxygens (including phenoxy) is 1. The number of para-hydroxylation sites is 1. The van der Waals surface area contributed by atoms with Crippen LogP contribution in [0.3, 0.4) is 0 Å². The lowest BCUT2D eigenvalue weighted by atomic mass is 10.0. The van der Waals surface area contributed by atoms with Crippen LogP contribution in [0.25, 0.3) is 0 Å². The summed E-state index contributed by atoms with van der Waals surface area (Å²) in [6.07, 6.45) is 0.749. The van der Waals surface area contributed by atoms with Gasteiger partial charge in [-0.2, -0.15) is 0 Å². The number of thiazole rings is 1. The summed E-state index contributed by atoms with van der Waals surface area (Å²) in [5.74, 6) is 0.841. The lowest BCUT2D eigenvalue weighted by Crippen LogP contribution is -2.14. The molecule has 1 heterocycles. The van der Waals surface area contributed by atoms with Gasteiger partial charge in [0.15, 0.2) is 0 Å². The number of nitrogens with zero attached hydrogens (tertiary/aromatic N) is 1. The molecule has 0 aliphatic heterocycles. The normalized spacial score (nSPS) is 12.4. The van der Waals surface area contributed by atoms with E-state index < -0.39 is 0 Å². The largest absolute Gasteiger partial charge is 0.496 e. The van der Waals surface area contributed by atoms with Crippen LogP contribution in [0.2, 0.25) is 0 Å². The lowest BCUT2D eigenvalue weighted by Gasteiger charge is -2.14. The minimum absolute atomic E-state index is 0.0725. The van der Waals surface area contributed by atoms with Gasteiger partial charge >= 0.3 is 0 Å². The first-order chi connectivity index (χ1) is 8.20. The maximum Gasteiger partial charge on any atom is 0.123 e.